The molecule has 3 nitrogen and oxygen atoms in total. The molecule has 0 aliphatic heterocycles. The van der Waals surface area contributed by atoms with Gasteiger partial charge in [0.1, 0.15) is 0 Å². The van der Waals surface area contributed by atoms with Crippen LogP contribution in [0.25, 0.3) is 0 Å². The number of aliphatic carboxylic acids is 1. The quantitative estimate of drug-likeness (QED) is 0.627. The van der Waals surface area contributed by atoms with Crippen LogP contribution in [0.15, 0.2) is 11.6 Å². The molecule has 0 aromatic heterocycles. The Labute approximate surface area is 98.9 Å². The van der Waals surface area contributed by atoms with E-state index in [2.05, 4.69) is 26.1 Å². The van der Waals surface area contributed by atoms with Gasteiger partial charge in [-0.1, -0.05) is 39.7 Å². The van der Waals surface area contributed by atoms with Crippen molar-refractivity contribution >= 4 is 5.97 Å². The Bertz CT molecular complexity index is 232. The number of nitrogens with one attached hydrogen (secondary N) is 1. The van der Waals surface area contributed by atoms with Gasteiger partial charge < -0.3 is 10.4 Å². The maximum atomic E-state index is 10.8. The summed E-state index contributed by atoms with van der Waals surface area (Å²) in [7, 11) is 0. The lowest BCUT2D eigenvalue weighted by atomic mass is 9.95. The van der Waals surface area contributed by atoms with Crippen molar-refractivity contribution in [2.24, 2.45) is 5.92 Å². The normalized spacial score (nSPS) is 14.2. The van der Waals surface area contributed by atoms with Crippen LogP contribution in [-0.2, 0) is 4.79 Å². The fourth-order valence-corrected chi connectivity index (χ4v) is 1.91. The summed E-state index contributed by atoms with van der Waals surface area (Å²) < 4.78 is 0. The van der Waals surface area contributed by atoms with Crippen molar-refractivity contribution in [1.82, 2.24) is 5.32 Å². The van der Waals surface area contributed by atoms with Gasteiger partial charge >= 0.3 is 5.97 Å². The highest BCUT2D eigenvalue weighted by molar-refractivity contribution is 5.86. The number of carbonyl (C=O) groups is 1. The van der Waals surface area contributed by atoms with Crippen LogP contribution in [0.3, 0.4) is 0 Å². The zero-order valence-electron chi connectivity index (χ0n) is 10.9. The summed E-state index contributed by atoms with van der Waals surface area (Å²) in [6, 6.07) is 0.443. The second-order valence-corrected chi connectivity index (χ2v) is 4.16. The molecule has 0 spiro atoms. The van der Waals surface area contributed by atoms with Crippen LogP contribution in [0.2, 0.25) is 0 Å². The molecule has 1 unspecified atom stereocenters. The minimum atomic E-state index is -0.806. The zero-order valence-corrected chi connectivity index (χ0v) is 10.9. The molecule has 1 atom stereocenters. The van der Waals surface area contributed by atoms with Crippen LogP contribution in [-0.4, -0.2) is 23.7 Å². The third-order valence-electron chi connectivity index (χ3n) is 3.20. The zero-order chi connectivity index (χ0) is 12.6. The summed E-state index contributed by atoms with van der Waals surface area (Å²) in [6.45, 7) is 9.06. The average molecular weight is 227 g/mol. The van der Waals surface area contributed by atoms with E-state index in [1.165, 1.54) is 0 Å². The first-order chi connectivity index (χ1) is 7.56. The summed E-state index contributed by atoms with van der Waals surface area (Å²) in [5.41, 5.74) is 0.490. The summed E-state index contributed by atoms with van der Waals surface area (Å²) in [6.07, 6.45) is 4.68. The summed E-state index contributed by atoms with van der Waals surface area (Å²) in [4.78, 5) is 10.8. The molecule has 0 heterocycles. The van der Waals surface area contributed by atoms with Gasteiger partial charge in [-0.25, -0.2) is 4.79 Å². The van der Waals surface area contributed by atoms with E-state index in [4.69, 9.17) is 5.11 Å². The van der Waals surface area contributed by atoms with Crippen molar-refractivity contribution in [2.45, 2.75) is 53.0 Å². The number of carboxylic acid groups (broad SMARTS) is 1. The lowest BCUT2D eigenvalue weighted by Crippen LogP contribution is -2.33. The fourth-order valence-electron chi connectivity index (χ4n) is 1.91. The Morgan fingerprint density at radius 1 is 1.31 bits per heavy atom. The Morgan fingerprint density at radius 3 is 2.25 bits per heavy atom. The van der Waals surface area contributed by atoms with Crippen LogP contribution in [0.4, 0.5) is 0 Å². The van der Waals surface area contributed by atoms with E-state index in [0.717, 1.165) is 12.8 Å². The summed E-state index contributed by atoms with van der Waals surface area (Å²) >= 11 is 0. The van der Waals surface area contributed by atoms with E-state index >= 15 is 0 Å². The Kier molecular flexibility index (Phi) is 7.90. The first-order valence-electron chi connectivity index (χ1n) is 6.22. The maximum absolute atomic E-state index is 10.8. The lowest BCUT2D eigenvalue weighted by molar-refractivity contribution is -0.132. The van der Waals surface area contributed by atoms with Gasteiger partial charge in [0.05, 0.1) is 0 Å². The minimum Gasteiger partial charge on any atom is -0.478 e. The lowest BCUT2D eigenvalue weighted by Gasteiger charge is -2.21. The molecule has 0 amide bonds. The minimum absolute atomic E-state index is 0.443. The van der Waals surface area contributed by atoms with Crippen LogP contribution >= 0.6 is 0 Å². The van der Waals surface area contributed by atoms with E-state index in [-0.39, 0.29) is 0 Å². The van der Waals surface area contributed by atoms with Gasteiger partial charge in [-0.15, -0.1) is 0 Å². The first kappa shape index (κ1) is 15.2. The number of hydrogen-bond acceptors (Lipinski definition) is 2. The molecule has 0 bridgehead atoms. The van der Waals surface area contributed by atoms with Crippen molar-refractivity contribution in [3.63, 3.8) is 0 Å². The predicted octanol–water partition coefficient (Wildman–Crippen LogP) is 2.82. The predicted molar refractivity (Wildman–Crippen MR) is 67.5 cm³/mol. The monoisotopic (exact) mass is 227 g/mol. The second kappa shape index (κ2) is 8.34. The van der Waals surface area contributed by atoms with E-state index in [1.807, 2.05) is 6.92 Å². The van der Waals surface area contributed by atoms with Gasteiger partial charge in [-0.2, -0.15) is 0 Å². The highest BCUT2D eigenvalue weighted by Crippen LogP contribution is 2.12. The Balaban J connectivity index is 4.09. The van der Waals surface area contributed by atoms with Gasteiger partial charge in [0, 0.05) is 18.2 Å². The second-order valence-electron chi connectivity index (χ2n) is 4.16. The van der Waals surface area contributed by atoms with Gasteiger partial charge in [0.15, 0.2) is 0 Å². The van der Waals surface area contributed by atoms with Gasteiger partial charge in [0.2, 0.25) is 0 Å². The molecule has 0 aromatic rings. The number of hydrogen-bond donors (Lipinski definition) is 2. The molecule has 3 heteroatoms. The highest BCUT2D eigenvalue weighted by atomic mass is 16.4. The standard InChI is InChI=1S/C13H25NO2/c1-5-11(6-2)10(4)14-9-8-12(7-3)13(15)16/h8,10-11,14H,5-7,9H2,1-4H3,(H,15,16)/b12-8-. The van der Waals surface area contributed by atoms with Gasteiger partial charge in [-0.3, -0.25) is 0 Å². The smallest absolute Gasteiger partial charge is 0.331 e. The molecule has 0 saturated carbocycles. The molecule has 0 radical (unpaired) electrons. The van der Waals surface area contributed by atoms with E-state index < -0.39 is 5.97 Å². The molecule has 94 valence electrons. The molecule has 2 N–H and O–H groups in total. The molecule has 0 aliphatic carbocycles. The number of rotatable bonds is 8. The summed E-state index contributed by atoms with van der Waals surface area (Å²) in [5.74, 6) is -0.136. The molecule has 0 aliphatic rings. The molecule has 0 saturated heterocycles. The van der Waals surface area contributed by atoms with Crippen molar-refractivity contribution < 1.29 is 9.90 Å². The summed E-state index contributed by atoms with van der Waals surface area (Å²) in [5, 5.41) is 12.2. The van der Waals surface area contributed by atoms with Crippen LogP contribution in [0, 0.1) is 5.92 Å². The van der Waals surface area contributed by atoms with Gasteiger partial charge in [0.25, 0.3) is 0 Å². The molecule has 0 aromatic carbocycles. The Hall–Kier alpha value is -0.830. The molecule has 16 heavy (non-hydrogen) atoms. The fraction of sp³-hybridized carbons (Fsp3) is 0.769. The van der Waals surface area contributed by atoms with Gasteiger partial charge in [-0.05, 0) is 19.3 Å². The highest BCUT2D eigenvalue weighted by Gasteiger charge is 2.12. The molecule has 0 rings (SSSR count). The van der Waals surface area contributed by atoms with Crippen molar-refractivity contribution in [1.29, 1.82) is 0 Å². The largest absolute Gasteiger partial charge is 0.478 e. The van der Waals surface area contributed by atoms with Crippen molar-refractivity contribution in [3.05, 3.63) is 11.6 Å². The van der Waals surface area contributed by atoms with Crippen LogP contribution in [0.5, 0.6) is 0 Å². The van der Waals surface area contributed by atoms with Crippen molar-refractivity contribution in [2.75, 3.05) is 6.54 Å². The third kappa shape index (κ3) is 5.31. The van der Waals surface area contributed by atoms with E-state index in [0.29, 0.717) is 30.5 Å². The number of carboxylic acids is 1. The van der Waals surface area contributed by atoms with Crippen LogP contribution < -0.4 is 5.32 Å². The SMILES string of the molecule is CC/C(=C/CNC(C)C(CC)CC)C(=O)O. The molecular weight excluding hydrogens is 202 g/mol. The Morgan fingerprint density at radius 2 is 1.88 bits per heavy atom. The van der Waals surface area contributed by atoms with Crippen molar-refractivity contribution in [3.8, 4) is 0 Å². The maximum Gasteiger partial charge on any atom is 0.331 e. The molecular formula is C13H25NO2. The topological polar surface area (TPSA) is 49.3 Å². The van der Waals surface area contributed by atoms with Crippen LogP contribution in [0.1, 0.15) is 47.0 Å². The molecule has 0 fully saturated rings. The third-order valence-corrected chi connectivity index (χ3v) is 3.20. The first-order valence-corrected chi connectivity index (χ1v) is 6.22. The van der Waals surface area contributed by atoms with E-state index in [1.54, 1.807) is 6.08 Å². The average Bonchev–Trinajstić information content (AvgIpc) is 2.25. The van der Waals surface area contributed by atoms with E-state index in [9.17, 15) is 4.79 Å².